The molecule has 0 radical (unpaired) electrons. The minimum atomic E-state index is -0.624. The van der Waals surface area contributed by atoms with Gasteiger partial charge < -0.3 is 18.9 Å². The molecule has 8 heteroatoms. The molecule has 2 heterocycles. The van der Waals surface area contributed by atoms with Gasteiger partial charge in [-0.05, 0) is 39.0 Å². The Kier molecular flexibility index (Phi) is 16.6. The van der Waals surface area contributed by atoms with Crippen molar-refractivity contribution in [3.8, 4) is 0 Å². The zero-order chi connectivity index (χ0) is 27.4. The molecular weight excluding hydrogens is 484 g/mol. The summed E-state index contributed by atoms with van der Waals surface area (Å²) in [4.78, 5) is 25.9. The van der Waals surface area contributed by atoms with E-state index in [2.05, 4.69) is 6.58 Å². The summed E-state index contributed by atoms with van der Waals surface area (Å²) >= 11 is 0. The number of unbranched alkanes of at least 4 members (excludes halogenated alkanes) is 7. The van der Waals surface area contributed by atoms with Gasteiger partial charge in [-0.15, -0.1) is 6.58 Å². The Hall–Kier alpha value is -2.29. The number of hydrogen-bond acceptors (Lipinski definition) is 6. The van der Waals surface area contributed by atoms with Crippen molar-refractivity contribution in [2.45, 2.75) is 97.4 Å². The van der Waals surface area contributed by atoms with Gasteiger partial charge in [0, 0.05) is 51.2 Å². The molecule has 0 aliphatic carbocycles. The lowest BCUT2D eigenvalue weighted by molar-refractivity contribution is -0.701. The first kappa shape index (κ1) is 31.9. The van der Waals surface area contributed by atoms with E-state index in [0.29, 0.717) is 19.6 Å². The van der Waals surface area contributed by atoms with Crippen molar-refractivity contribution in [3.05, 3.63) is 42.7 Å². The largest absolute Gasteiger partial charge is 0.449 e. The minimum absolute atomic E-state index is 0.0641. The maximum Gasteiger partial charge on any atom is 0.417 e. The van der Waals surface area contributed by atoms with Crippen molar-refractivity contribution in [2.75, 3.05) is 33.0 Å². The molecule has 1 saturated heterocycles. The Bertz CT molecular complexity index is 818. The highest BCUT2D eigenvalue weighted by molar-refractivity contribution is 5.90. The monoisotopic (exact) mass is 533 g/mol. The fraction of sp³-hybridized carbons (Fsp3) is 0.700. The number of aryl methyl sites for hydroxylation is 1. The SMILES string of the molecule is C=CCCCCCCOCCCCCCOC1CC(COC(=O)N(Cc2cccc[n+]2CC)C(C)=O)CO1. The first-order valence-electron chi connectivity index (χ1n) is 14.4. The topological polar surface area (TPSA) is 78.2 Å². The highest BCUT2D eigenvalue weighted by Crippen LogP contribution is 2.21. The van der Waals surface area contributed by atoms with E-state index >= 15 is 0 Å². The Morgan fingerprint density at radius 2 is 1.79 bits per heavy atom. The van der Waals surface area contributed by atoms with Crippen molar-refractivity contribution in [2.24, 2.45) is 5.92 Å². The number of ether oxygens (including phenoxy) is 4. The summed E-state index contributed by atoms with van der Waals surface area (Å²) in [5.41, 5.74) is 0.873. The van der Waals surface area contributed by atoms with Crippen molar-refractivity contribution in [3.63, 3.8) is 0 Å². The molecule has 2 rings (SSSR count). The van der Waals surface area contributed by atoms with Crippen LogP contribution in [-0.4, -0.2) is 56.2 Å². The van der Waals surface area contributed by atoms with Crippen LogP contribution in [0.25, 0.3) is 0 Å². The van der Waals surface area contributed by atoms with Crippen LogP contribution in [0.4, 0.5) is 4.79 Å². The van der Waals surface area contributed by atoms with E-state index in [1.54, 1.807) is 0 Å². The third-order valence-electron chi connectivity index (χ3n) is 6.72. The number of imide groups is 1. The predicted molar refractivity (Wildman–Crippen MR) is 146 cm³/mol. The van der Waals surface area contributed by atoms with E-state index in [0.717, 1.165) is 68.9 Å². The summed E-state index contributed by atoms with van der Waals surface area (Å²) in [6.45, 7) is 11.1. The molecule has 1 aliphatic heterocycles. The standard InChI is InChI=1S/C30H49N2O6/c1-4-6-7-8-9-14-19-35-20-15-10-11-16-21-36-29-22-27(24-37-29)25-38-30(34)32(26(3)33)23-28-17-12-13-18-31(28)5-2/h4,12-13,17-18,27,29H,1,5-11,14-16,19-25H2,2-3H3/q+1. The zero-order valence-corrected chi connectivity index (χ0v) is 23.6. The predicted octanol–water partition coefficient (Wildman–Crippen LogP) is 5.57. The molecule has 2 unspecified atom stereocenters. The molecule has 0 saturated carbocycles. The number of carbonyl (C=O) groups is 2. The van der Waals surface area contributed by atoms with Crippen LogP contribution in [0.5, 0.6) is 0 Å². The Labute approximate surface area is 229 Å². The van der Waals surface area contributed by atoms with Crippen LogP contribution in [0.1, 0.15) is 83.7 Å². The number of aromatic nitrogens is 1. The van der Waals surface area contributed by atoms with Crippen LogP contribution in [0.2, 0.25) is 0 Å². The Morgan fingerprint density at radius 1 is 1.08 bits per heavy atom. The smallest absolute Gasteiger partial charge is 0.417 e. The molecular formula is C30H49N2O6+. The molecule has 8 nitrogen and oxygen atoms in total. The number of hydrogen-bond donors (Lipinski definition) is 0. The van der Waals surface area contributed by atoms with Crippen molar-refractivity contribution < 1.29 is 33.1 Å². The number of allylic oxidation sites excluding steroid dienone is 1. The van der Waals surface area contributed by atoms with E-state index in [-0.39, 0.29) is 31.3 Å². The van der Waals surface area contributed by atoms with Gasteiger partial charge in [0.1, 0.15) is 13.1 Å². The average molecular weight is 534 g/mol. The van der Waals surface area contributed by atoms with Gasteiger partial charge >= 0.3 is 6.09 Å². The fourth-order valence-corrected chi connectivity index (χ4v) is 4.40. The summed E-state index contributed by atoms with van der Waals surface area (Å²) in [6, 6.07) is 5.72. The van der Waals surface area contributed by atoms with Crippen LogP contribution < -0.4 is 4.57 Å². The zero-order valence-electron chi connectivity index (χ0n) is 23.6. The molecule has 0 bridgehead atoms. The van der Waals surface area contributed by atoms with Crippen molar-refractivity contribution >= 4 is 12.0 Å². The van der Waals surface area contributed by atoms with Crippen LogP contribution in [0.15, 0.2) is 37.1 Å². The van der Waals surface area contributed by atoms with E-state index in [1.165, 1.54) is 26.2 Å². The van der Waals surface area contributed by atoms with Gasteiger partial charge in [-0.3, -0.25) is 4.79 Å². The number of rotatable bonds is 20. The molecule has 0 aromatic carbocycles. The normalized spacial score (nSPS) is 16.9. The lowest BCUT2D eigenvalue weighted by Gasteiger charge is -2.19. The van der Waals surface area contributed by atoms with E-state index in [9.17, 15) is 9.59 Å². The lowest BCUT2D eigenvalue weighted by Crippen LogP contribution is -2.43. The van der Waals surface area contributed by atoms with Gasteiger partial charge in [0.15, 0.2) is 12.5 Å². The van der Waals surface area contributed by atoms with E-state index in [1.807, 2.05) is 42.0 Å². The highest BCUT2D eigenvalue weighted by atomic mass is 16.7. The van der Waals surface area contributed by atoms with Gasteiger partial charge in [-0.1, -0.05) is 37.8 Å². The number of amides is 2. The average Bonchev–Trinajstić information content (AvgIpc) is 3.38. The van der Waals surface area contributed by atoms with Gasteiger partial charge in [0.05, 0.1) is 13.2 Å². The molecule has 0 spiro atoms. The highest BCUT2D eigenvalue weighted by Gasteiger charge is 2.29. The summed E-state index contributed by atoms with van der Waals surface area (Å²) in [6.07, 6.45) is 14.0. The Morgan fingerprint density at radius 3 is 2.47 bits per heavy atom. The minimum Gasteiger partial charge on any atom is -0.449 e. The third-order valence-corrected chi connectivity index (χ3v) is 6.72. The quantitative estimate of drug-likeness (QED) is 0.124. The molecule has 38 heavy (non-hydrogen) atoms. The lowest BCUT2D eigenvalue weighted by atomic mass is 10.1. The van der Waals surface area contributed by atoms with Crippen molar-refractivity contribution in [1.82, 2.24) is 4.90 Å². The van der Waals surface area contributed by atoms with E-state index in [4.69, 9.17) is 18.9 Å². The van der Waals surface area contributed by atoms with Crippen LogP contribution in [0, 0.1) is 5.92 Å². The number of pyridine rings is 1. The maximum atomic E-state index is 12.6. The van der Waals surface area contributed by atoms with Crippen LogP contribution in [0.3, 0.4) is 0 Å². The third kappa shape index (κ3) is 13.0. The molecule has 0 N–H and O–H groups in total. The van der Waals surface area contributed by atoms with E-state index < -0.39 is 6.09 Å². The summed E-state index contributed by atoms with van der Waals surface area (Å²) in [5.74, 6) is -0.277. The van der Waals surface area contributed by atoms with Gasteiger partial charge in [-0.2, -0.15) is 0 Å². The second-order valence-electron chi connectivity index (χ2n) is 9.91. The molecule has 2 atom stereocenters. The first-order chi connectivity index (χ1) is 18.5. The summed E-state index contributed by atoms with van der Waals surface area (Å²) in [5, 5.41) is 0. The molecule has 1 fully saturated rings. The maximum absolute atomic E-state index is 12.6. The number of nitrogens with zero attached hydrogens (tertiary/aromatic N) is 2. The van der Waals surface area contributed by atoms with Gasteiger partial charge in [0.25, 0.3) is 0 Å². The van der Waals surface area contributed by atoms with Crippen molar-refractivity contribution in [1.29, 1.82) is 0 Å². The fourth-order valence-electron chi connectivity index (χ4n) is 4.40. The molecule has 214 valence electrons. The second kappa shape index (κ2) is 19.7. The molecule has 1 aromatic heterocycles. The van der Waals surface area contributed by atoms with Crippen LogP contribution >= 0.6 is 0 Å². The molecule has 2 amide bonds. The van der Waals surface area contributed by atoms with Gasteiger partial charge in [-0.25, -0.2) is 14.3 Å². The molecule has 1 aromatic rings. The second-order valence-corrected chi connectivity index (χ2v) is 9.91. The summed E-state index contributed by atoms with van der Waals surface area (Å²) < 4.78 is 24.8. The first-order valence-corrected chi connectivity index (χ1v) is 14.4. The number of carbonyl (C=O) groups excluding carboxylic acids is 2. The molecule has 1 aliphatic rings. The van der Waals surface area contributed by atoms with Gasteiger partial charge in [0.2, 0.25) is 11.6 Å². The van der Waals surface area contributed by atoms with Crippen LogP contribution in [-0.2, 0) is 36.8 Å². The summed E-state index contributed by atoms with van der Waals surface area (Å²) in [7, 11) is 0. The Balaban J connectivity index is 1.51.